The summed E-state index contributed by atoms with van der Waals surface area (Å²) in [7, 11) is 9.64. The summed E-state index contributed by atoms with van der Waals surface area (Å²) >= 11 is 0. The van der Waals surface area contributed by atoms with Crippen LogP contribution in [0.5, 0.6) is 0 Å². The van der Waals surface area contributed by atoms with Crippen LogP contribution >= 0.6 is 0 Å². The largest absolute Gasteiger partial charge is 0.455 e. The number of aryl methyl sites for hydroxylation is 16. The molecule has 582 valence electrons. The molecule has 0 aliphatic heterocycles. The molecule has 0 fully saturated rings. The third-order valence-electron chi connectivity index (χ3n) is 22.8. The van der Waals surface area contributed by atoms with Gasteiger partial charge in [0.2, 0.25) is 28.5 Å². The van der Waals surface area contributed by atoms with Crippen molar-refractivity contribution in [2.75, 3.05) is 0 Å². The van der Waals surface area contributed by atoms with Crippen LogP contribution in [0.2, 0.25) is 0 Å². The fourth-order valence-corrected chi connectivity index (χ4v) is 16.8. The van der Waals surface area contributed by atoms with E-state index in [2.05, 4.69) is 163 Å². The SMILES string of the molecule is Cc1cc(C)c2c(oc3ccccc32)c1-c1cc(C(C)C)cc[n+]1C.[2H]C([2H])([2H])C([2H])(C)c1cc[n+](C)c(-c2c(C)ccc3c2oc2ccccc23)c1.[2H]C([2H])([2H])c1c[n+](C)c(-c2c(C)ccc3c2oc2ccccc23)cc1C.[2H]C([2H])([2H])c1ccc(-c2c(C)cc(C)c3c2oc2ccccc23)[n+](C)c1.[2H]C([2H])([2H])c1ccc(-c2c(C)ccc3c2oc2ccccc23)[n+](C)c1. The lowest BCUT2D eigenvalue weighted by atomic mass is 9.95. The minimum atomic E-state index is -2.43. The molecule has 0 saturated heterocycles. The molecule has 1 atom stereocenters. The van der Waals surface area contributed by atoms with Crippen LogP contribution in [0.3, 0.4) is 0 Å². The topological polar surface area (TPSA) is 85.1 Å². The van der Waals surface area contributed by atoms with Crippen LogP contribution in [-0.2, 0) is 35.2 Å². The number of fused-ring (bicyclic) bond motifs is 15. The zero-order valence-corrected chi connectivity index (χ0v) is 69.1. The molecule has 0 amide bonds. The van der Waals surface area contributed by atoms with Gasteiger partial charge in [0.05, 0.1) is 27.8 Å². The number of rotatable bonds is 7. The molecular formula is C107H104N5O5+5. The first-order valence-corrected chi connectivity index (χ1v) is 39.6. The van der Waals surface area contributed by atoms with Gasteiger partial charge in [-0.25, -0.2) is 22.8 Å². The summed E-state index contributed by atoms with van der Waals surface area (Å²) in [5.74, 6) is -1.21. The Labute approximate surface area is 703 Å². The molecular weight excluding hydrogens is 1440 g/mol. The molecule has 0 N–H and O–H groups in total. The highest BCUT2D eigenvalue weighted by Gasteiger charge is 2.28. The molecule has 0 aliphatic carbocycles. The van der Waals surface area contributed by atoms with E-state index in [0.717, 1.165) is 172 Å². The van der Waals surface area contributed by atoms with Gasteiger partial charge in [-0.2, -0.15) is 0 Å². The first-order chi connectivity index (χ1) is 61.5. The summed E-state index contributed by atoms with van der Waals surface area (Å²) in [6, 6.07) is 74.2. The zero-order chi connectivity index (χ0) is 93.0. The summed E-state index contributed by atoms with van der Waals surface area (Å²) in [5.41, 5.74) is 30.1. The van der Waals surface area contributed by atoms with Crippen molar-refractivity contribution in [2.45, 2.75) is 115 Å². The fourth-order valence-electron chi connectivity index (χ4n) is 16.8. The fraction of sp³-hybridized carbons (Fsp3) is 0.206. The van der Waals surface area contributed by atoms with Crippen LogP contribution in [0.25, 0.3) is 166 Å². The van der Waals surface area contributed by atoms with Gasteiger partial charge in [0.25, 0.3) is 0 Å². The van der Waals surface area contributed by atoms with E-state index in [0.29, 0.717) is 28.2 Å². The Morgan fingerprint density at radius 2 is 0.615 bits per heavy atom. The van der Waals surface area contributed by atoms with Crippen molar-refractivity contribution in [2.24, 2.45) is 35.2 Å². The van der Waals surface area contributed by atoms with Crippen molar-refractivity contribution in [3.63, 3.8) is 0 Å². The molecule has 0 aliphatic rings. The summed E-state index contributed by atoms with van der Waals surface area (Å²) < 4.78 is 141. The Morgan fingerprint density at radius 1 is 0.274 bits per heavy atom. The second-order valence-electron chi connectivity index (χ2n) is 31.4. The Balaban J connectivity index is 0.000000119. The molecule has 0 radical (unpaired) electrons. The summed E-state index contributed by atoms with van der Waals surface area (Å²) in [6.45, 7) is 13.6. The number of nitrogens with zero attached hydrogens (tertiary/aromatic N) is 5. The molecule has 10 heteroatoms. The van der Waals surface area contributed by atoms with Crippen molar-refractivity contribution in [3.05, 3.63) is 328 Å². The predicted molar refractivity (Wildman–Crippen MR) is 482 cm³/mol. The highest BCUT2D eigenvalue weighted by molar-refractivity contribution is 6.15. The quantitative estimate of drug-likeness (QED) is 0.148. The molecule has 10 nitrogen and oxygen atoms in total. The predicted octanol–water partition coefficient (Wildman–Crippen LogP) is 26.0. The maximum absolute atomic E-state index is 8.46. The smallest absolute Gasteiger partial charge is 0.216 e. The molecule has 117 heavy (non-hydrogen) atoms. The van der Waals surface area contributed by atoms with E-state index in [-0.39, 0.29) is 0 Å². The van der Waals surface area contributed by atoms with Gasteiger partial charge in [-0.1, -0.05) is 167 Å². The normalized spacial score (nSPS) is 14.1. The molecule has 0 spiro atoms. The molecule has 0 saturated carbocycles. The Hall–Kier alpha value is -13.1. The van der Waals surface area contributed by atoms with Crippen molar-refractivity contribution < 1.29 is 62.7 Å². The first-order valence-electron chi connectivity index (χ1n) is 46.1. The highest BCUT2D eigenvalue weighted by Crippen LogP contribution is 2.44. The van der Waals surface area contributed by atoms with E-state index in [4.69, 9.17) is 39.9 Å². The van der Waals surface area contributed by atoms with Crippen molar-refractivity contribution in [3.8, 4) is 56.3 Å². The lowest BCUT2D eigenvalue weighted by molar-refractivity contribution is -0.660. The van der Waals surface area contributed by atoms with Gasteiger partial charge < -0.3 is 22.1 Å². The lowest BCUT2D eigenvalue weighted by Crippen LogP contribution is -2.31. The molecule has 20 aromatic rings. The van der Waals surface area contributed by atoms with Gasteiger partial charge in [0, 0.05) is 131 Å². The molecule has 10 heterocycles. The van der Waals surface area contributed by atoms with E-state index in [9.17, 15) is 0 Å². The Kier molecular flexibility index (Phi) is 17.1. The van der Waals surface area contributed by atoms with Crippen molar-refractivity contribution >= 4 is 110 Å². The molecule has 1 unspecified atom stereocenters. The maximum atomic E-state index is 8.46. The summed E-state index contributed by atoms with van der Waals surface area (Å²) in [5, 5.41) is 11.0. The minimum Gasteiger partial charge on any atom is -0.455 e. The molecule has 10 aromatic heterocycles. The number of pyridine rings is 5. The average Bonchev–Trinajstić information content (AvgIpc) is 1.63. The average molecular weight is 1550 g/mol. The van der Waals surface area contributed by atoms with Gasteiger partial charge in [-0.15, -0.1) is 0 Å². The van der Waals surface area contributed by atoms with E-state index in [1.807, 2.05) is 177 Å². The van der Waals surface area contributed by atoms with Crippen molar-refractivity contribution in [1.82, 2.24) is 0 Å². The minimum absolute atomic E-state index is 0.327. The van der Waals surface area contributed by atoms with Gasteiger partial charge in [-0.3, -0.25) is 0 Å². The van der Waals surface area contributed by atoms with E-state index in [1.165, 1.54) is 51.2 Å². The second kappa shape index (κ2) is 31.6. The standard InChI is InChI=1S/C23H24NO.C22H22NO.2C21H20NO.C20H18NO/c1-14(2)17-10-11-24(5)19(13-17)22-16(4)12-15(3)21-18-8-6-7-9-20(18)25-23(21)22;1-14(2)16-11-12-23(4)19(13-16)21-15(3)9-10-18-17-7-5-6-8-20(17)24-22(18)21;1-13-9-10-17-16-7-5-6-8-19(16)23-21(17)20(13)18-11-14(2)15(3)12-22(18)4;1-13-9-10-17(22(4)12-13)20-15(3)11-14(2)19-16-7-5-6-8-18(16)23-21(19)20;1-13-8-11-17(21(3)12-13)19-14(2)9-10-16-15-6-4-5-7-18(15)22-20(16)19/h6-14H,1-5H3;5-14H,1-4H3;2*5-12H,1-4H3;4-12H,1-3H3/q5*+1/i;1D3,14D;3D3;2*1D3. The van der Waals surface area contributed by atoms with Crippen LogP contribution in [0.4, 0.5) is 0 Å². The van der Waals surface area contributed by atoms with E-state index < -0.39 is 33.3 Å². The summed E-state index contributed by atoms with van der Waals surface area (Å²) in [4.78, 5) is 0. The number of hydrogen-bond donors (Lipinski definition) is 0. The highest BCUT2D eigenvalue weighted by atomic mass is 16.3. The Morgan fingerprint density at radius 3 is 1.01 bits per heavy atom. The van der Waals surface area contributed by atoms with Gasteiger partial charge in [0.1, 0.15) is 91.1 Å². The van der Waals surface area contributed by atoms with Crippen LogP contribution < -0.4 is 22.8 Å². The van der Waals surface area contributed by atoms with Crippen molar-refractivity contribution in [1.29, 1.82) is 0 Å². The number of hydrogen-bond acceptors (Lipinski definition) is 5. The second-order valence-corrected chi connectivity index (χ2v) is 31.4. The molecule has 20 rings (SSSR count). The van der Waals surface area contributed by atoms with Gasteiger partial charge in [-0.05, 0) is 186 Å². The monoisotopic (exact) mass is 1550 g/mol. The summed E-state index contributed by atoms with van der Waals surface area (Å²) in [6.07, 6.45) is 9.01. The number of para-hydroxylation sites is 5. The number of aromatic nitrogens is 5. The number of benzene rings is 10. The molecule has 0 bridgehead atoms. The van der Waals surface area contributed by atoms with Crippen LogP contribution in [0.1, 0.15) is 130 Å². The van der Waals surface area contributed by atoms with Crippen LogP contribution in [0.15, 0.2) is 278 Å². The van der Waals surface area contributed by atoms with Crippen LogP contribution in [-0.4, -0.2) is 0 Å². The van der Waals surface area contributed by atoms with Gasteiger partial charge >= 0.3 is 0 Å². The van der Waals surface area contributed by atoms with E-state index in [1.54, 1.807) is 42.9 Å². The third kappa shape index (κ3) is 14.5. The lowest BCUT2D eigenvalue weighted by Gasteiger charge is -2.10. The Bertz CT molecular complexity index is 7870. The first kappa shape index (κ1) is 63.3. The molecule has 10 aromatic carbocycles. The third-order valence-corrected chi connectivity index (χ3v) is 22.8. The number of furan rings is 5. The maximum Gasteiger partial charge on any atom is 0.216 e. The van der Waals surface area contributed by atoms with Crippen LogP contribution in [0, 0.1) is 75.9 Å². The zero-order valence-electron chi connectivity index (χ0n) is 82.1. The van der Waals surface area contributed by atoms with Gasteiger partial charge in [0.15, 0.2) is 31.0 Å². The van der Waals surface area contributed by atoms with E-state index >= 15 is 0 Å².